The molecule has 0 aliphatic heterocycles. The van der Waals surface area contributed by atoms with Crippen molar-refractivity contribution in [2.75, 3.05) is 14.2 Å². The number of carbonyl (C=O) groups is 1. The molecule has 0 unspecified atom stereocenters. The molecule has 1 N–H and O–H groups in total. The van der Waals surface area contributed by atoms with Gasteiger partial charge < -0.3 is 9.64 Å². The Balaban J connectivity index is 2.27. The SMILES string of the molecule is COc1ccc(CN(C)C(=O)c2cc(S(=O)(=O)NC(C)C)ccc2Cl)cc1F. The minimum atomic E-state index is -3.77. The highest BCUT2D eigenvalue weighted by atomic mass is 35.5. The molecule has 2 rings (SSSR count). The third-order valence-electron chi connectivity index (χ3n) is 3.85. The van der Waals surface area contributed by atoms with E-state index in [4.69, 9.17) is 16.3 Å². The van der Waals surface area contributed by atoms with Crippen molar-refractivity contribution >= 4 is 27.5 Å². The second-order valence-electron chi connectivity index (χ2n) is 6.55. The van der Waals surface area contributed by atoms with Gasteiger partial charge in [-0.2, -0.15) is 0 Å². The van der Waals surface area contributed by atoms with Gasteiger partial charge in [-0.25, -0.2) is 17.5 Å². The van der Waals surface area contributed by atoms with E-state index in [1.807, 2.05) is 0 Å². The number of sulfonamides is 1. The number of hydrogen-bond acceptors (Lipinski definition) is 4. The van der Waals surface area contributed by atoms with Gasteiger partial charge in [-0.1, -0.05) is 17.7 Å². The molecule has 0 bridgehead atoms. The van der Waals surface area contributed by atoms with Gasteiger partial charge in [-0.3, -0.25) is 4.79 Å². The third-order valence-corrected chi connectivity index (χ3v) is 5.84. The summed E-state index contributed by atoms with van der Waals surface area (Å²) in [7, 11) is -0.885. The molecule has 0 aliphatic carbocycles. The molecule has 0 atom stereocenters. The first-order valence-electron chi connectivity index (χ1n) is 8.45. The first kappa shape index (κ1) is 22.1. The molecule has 0 spiro atoms. The van der Waals surface area contributed by atoms with Crippen molar-refractivity contribution in [1.29, 1.82) is 0 Å². The highest BCUT2D eigenvalue weighted by molar-refractivity contribution is 7.89. The maximum absolute atomic E-state index is 13.9. The van der Waals surface area contributed by atoms with Crippen LogP contribution in [0.25, 0.3) is 0 Å². The Kier molecular flexibility index (Phi) is 7.03. The van der Waals surface area contributed by atoms with Gasteiger partial charge in [0.1, 0.15) is 0 Å². The van der Waals surface area contributed by atoms with Crippen molar-refractivity contribution in [1.82, 2.24) is 9.62 Å². The molecule has 28 heavy (non-hydrogen) atoms. The Morgan fingerprint density at radius 1 is 1.25 bits per heavy atom. The molecular formula is C19H22ClFN2O4S. The lowest BCUT2D eigenvalue weighted by Gasteiger charge is -2.19. The quantitative estimate of drug-likeness (QED) is 0.732. The number of methoxy groups -OCH3 is 1. The number of ether oxygens (including phenoxy) is 1. The summed E-state index contributed by atoms with van der Waals surface area (Å²) < 4.78 is 45.9. The van der Waals surface area contributed by atoms with Gasteiger partial charge in [0.25, 0.3) is 5.91 Å². The van der Waals surface area contributed by atoms with E-state index >= 15 is 0 Å². The second-order valence-corrected chi connectivity index (χ2v) is 8.67. The Bertz CT molecular complexity index is 980. The van der Waals surface area contributed by atoms with Crippen molar-refractivity contribution in [2.24, 2.45) is 0 Å². The Morgan fingerprint density at radius 3 is 2.50 bits per heavy atom. The molecule has 0 aromatic heterocycles. The highest BCUT2D eigenvalue weighted by Gasteiger charge is 2.21. The van der Waals surface area contributed by atoms with E-state index in [1.165, 1.54) is 49.4 Å². The molecule has 0 saturated heterocycles. The first-order chi connectivity index (χ1) is 13.0. The Hall–Kier alpha value is -2.16. The summed E-state index contributed by atoms with van der Waals surface area (Å²) in [4.78, 5) is 14.1. The molecule has 1 amide bonds. The van der Waals surface area contributed by atoms with Gasteiger partial charge in [0.05, 0.1) is 22.6 Å². The summed E-state index contributed by atoms with van der Waals surface area (Å²) in [5.41, 5.74) is 0.598. The minimum Gasteiger partial charge on any atom is -0.494 e. The molecule has 0 aliphatic rings. The third kappa shape index (κ3) is 5.21. The van der Waals surface area contributed by atoms with Gasteiger partial charge in [0, 0.05) is 19.6 Å². The summed E-state index contributed by atoms with van der Waals surface area (Å²) in [6.07, 6.45) is 0. The molecule has 152 valence electrons. The van der Waals surface area contributed by atoms with Gasteiger partial charge in [-0.15, -0.1) is 0 Å². The van der Waals surface area contributed by atoms with Crippen LogP contribution in [0.5, 0.6) is 5.75 Å². The largest absolute Gasteiger partial charge is 0.494 e. The molecular weight excluding hydrogens is 407 g/mol. The average Bonchev–Trinajstić information content (AvgIpc) is 2.60. The van der Waals surface area contributed by atoms with Crippen LogP contribution < -0.4 is 9.46 Å². The molecule has 6 nitrogen and oxygen atoms in total. The first-order valence-corrected chi connectivity index (χ1v) is 10.3. The fourth-order valence-electron chi connectivity index (χ4n) is 2.57. The number of hydrogen-bond donors (Lipinski definition) is 1. The number of carbonyl (C=O) groups excluding carboxylic acids is 1. The summed E-state index contributed by atoms with van der Waals surface area (Å²) in [5, 5.41) is 0.126. The van der Waals surface area contributed by atoms with Crippen LogP contribution in [0.15, 0.2) is 41.3 Å². The zero-order valence-electron chi connectivity index (χ0n) is 16.0. The summed E-state index contributed by atoms with van der Waals surface area (Å²) in [6, 6.07) is 8.03. The summed E-state index contributed by atoms with van der Waals surface area (Å²) in [6.45, 7) is 3.50. The van der Waals surface area contributed by atoms with E-state index in [9.17, 15) is 17.6 Å². The van der Waals surface area contributed by atoms with Crippen LogP contribution in [-0.4, -0.2) is 39.4 Å². The van der Waals surface area contributed by atoms with Crippen LogP contribution in [-0.2, 0) is 16.6 Å². The van der Waals surface area contributed by atoms with Crippen molar-refractivity contribution in [3.8, 4) is 5.75 Å². The predicted octanol–water partition coefficient (Wildman–Crippen LogP) is 3.45. The number of amides is 1. The molecule has 2 aromatic rings. The fourth-order valence-corrected chi connectivity index (χ4v) is 4.05. The van der Waals surface area contributed by atoms with Crippen molar-refractivity contribution < 1.29 is 22.3 Å². The number of nitrogens with one attached hydrogen (secondary N) is 1. The van der Waals surface area contributed by atoms with Gasteiger partial charge in [-0.05, 0) is 49.7 Å². The van der Waals surface area contributed by atoms with Gasteiger partial charge in [0.15, 0.2) is 11.6 Å². The molecule has 0 saturated carbocycles. The smallest absolute Gasteiger partial charge is 0.255 e. The number of nitrogens with zero attached hydrogens (tertiary/aromatic N) is 1. The van der Waals surface area contributed by atoms with Crippen LogP contribution in [0.3, 0.4) is 0 Å². The van der Waals surface area contributed by atoms with E-state index in [0.717, 1.165) is 0 Å². The zero-order valence-corrected chi connectivity index (χ0v) is 17.6. The van der Waals surface area contributed by atoms with Gasteiger partial charge >= 0.3 is 0 Å². The Morgan fingerprint density at radius 2 is 1.93 bits per heavy atom. The summed E-state index contributed by atoms with van der Waals surface area (Å²) >= 11 is 6.12. The zero-order chi connectivity index (χ0) is 21.1. The van der Waals surface area contributed by atoms with Crippen LogP contribution in [0.2, 0.25) is 5.02 Å². The number of benzene rings is 2. The molecule has 0 radical (unpaired) electrons. The number of halogens is 2. The minimum absolute atomic E-state index is 0.0461. The fraction of sp³-hybridized carbons (Fsp3) is 0.316. The van der Waals surface area contributed by atoms with E-state index in [0.29, 0.717) is 5.56 Å². The maximum atomic E-state index is 13.9. The van der Waals surface area contributed by atoms with E-state index in [1.54, 1.807) is 19.9 Å². The Labute approximate surface area is 169 Å². The topological polar surface area (TPSA) is 75.7 Å². The number of rotatable bonds is 7. The van der Waals surface area contributed by atoms with Crippen LogP contribution >= 0.6 is 11.6 Å². The normalized spacial score (nSPS) is 11.5. The van der Waals surface area contributed by atoms with Crippen molar-refractivity contribution in [3.63, 3.8) is 0 Å². The lowest BCUT2D eigenvalue weighted by atomic mass is 10.1. The molecule has 0 heterocycles. The van der Waals surface area contributed by atoms with E-state index in [-0.39, 0.29) is 33.8 Å². The van der Waals surface area contributed by atoms with Crippen molar-refractivity contribution in [3.05, 3.63) is 58.4 Å². The van der Waals surface area contributed by atoms with Crippen molar-refractivity contribution in [2.45, 2.75) is 31.3 Å². The molecule has 0 fully saturated rings. The lowest BCUT2D eigenvalue weighted by molar-refractivity contribution is 0.0785. The lowest BCUT2D eigenvalue weighted by Crippen LogP contribution is -2.31. The van der Waals surface area contributed by atoms with Crippen LogP contribution in [0.1, 0.15) is 29.8 Å². The maximum Gasteiger partial charge on any atom is 0.255 e. The molecule has 9 heteroatoms. The monoisotopic (exact) mass is 428 g/mol. The highest BCUT2D eigenvalue weighted by Crippen LogP contribution is 2.23. The van der Waals surface area contributed by atoms with E-state index in [2.05, 4.69) is 4.72 Å². The molecule has 2 aromatic carbocycles. The van der Waals surface area contributed by atoms with Crippen LogP contribution in [0.4, 0.5) is 4.39 Å². The second kappa shape index (κ2) is 8.89. The van der Waals surface area contributed by atoms with Crippen LogP contribution in [0, 0.1) is 5.82 Å². The predicted molar refractivity (Wildman–Crippen MR) is 106 cm³/mol. The van der Waals surface area contributed by atoms with E-state index < -0.39 is 21.7 Å². The van der Waals surface area contributed by atoms with Gasteiger partial charge in [0.2, 0.25) is 10.0 Å². The average molecular weight is 429 g/mol. The summed E-state index contributed by atoms with van der Waals surface area (Å²) in [5.74, 6) is -0.911. The standard InChI is InChI=1S/C19H22ClFN2O4S/c1-12(2)22-28(25,26)14-6-7-16(20)15(10-14)19(24)23(3)11-13-5-8-18(27-4)17(21)9-13/h5-10,12,22H,11H2,1-4H3.